The lowest BCUT2D eigenvalue weighted by Crippen LogP contribution is -2.12. The number of terminal acetylenes is 1. The van der Waals surface area contributed by atoms with Gasteiger partial charge < -0.3 is 25.7 Å². The fraction of sp³-hybridized carbons (Fsp3) is 0.412. The lowest BCUT2D eigenvalue weighted by Gasteiger charge is -2.13. The summed E-state index contributed by atoms with van der Waals surface area (Å²) < 4.78 is 16.3. The van der Waals surface area contributed by atoms with Crippen LogP contribution in [0.4, 0.5) is 0 Å². The number of thiol groups is 1. The highest BCUT2D eigenvalue weighted by molar-refractivity contribution is 7.90. The van der Waals surface area contributed by atoms with Crippen molar-refractivity contribution < 1.29 is 14.2 Å². The molecule has 0 spiro atoms. The third-order valence-electron chi connectivity index (χ3n) is 2.98. The highest BCUT2D eigenvalue weighted by Crippen LogP contribution is 2.27. The van der Waals surface area contributed by atoms with Crippen molar-refractivity contribution in [2.24, 2.45) is 11.5 Å². The van der Waals surface area contributed by atoms with E-state index in [1.165, 1.54) is 0 Å². The molecule has 0 amide bonds. The number of allylic oxidation sites excluding steroid dienone is 1. The predicted molar refractivity (Wildman–Crippen MR) is 96.1 cm³/mol. The Morgan fingerprint density at radius 2 is 1.91 bits per heavy atom. The maximum Gasteiger partial charge on any atom is 0.124 e. The first kappa shape index (κ1) is 19.4. The zero-order valence-corrected chi connectivity index (χ0v) is 14.3. The summed E-state index contributed by atoms with van der Waals surface area (Å²) in [5.41, 5.74) is 14.0. The summed E-state index contributed by atoms with van der Waals surface area (Å²) in [4.78, 5) is 0.723. The molecule has 0 radical (unpaired) electrons. The zero-order valence-electron chi connectivity index (χ0n) is 13.4. The Labute approximate surface area is 143 Å². The van der Waals surface area contributed by atoms with E-state index >= 15 is 0 Å². The van der Waals surface area contributed by atoms with Crippen molar-refractivity contribution in [2.75, 3.05) is 33.0 Å². The van der Waals surface area contributed by atoms with Crippen LogP contribution in [0.3, 0.4) is 0 Å². The Morgan fingerprint density at radius 1 is 1.22 bits per heavy atom. The molecule has 0 saturated carbocycles. The summed E-state index contributed by atoms with van der Waals surface area (Å²) in [5.74, 6) is 3.11. The minimum atomic E-state index is 0.298. The SMILES string of the molecule is C#CCOCCOCCOc1cc(/C(S)=C(\C)N)ccc1CN. The molecule has 6 heteroatoms. The monoisotopic (exact) mass is 336 g/mol. The van der Waals surface area contributed by atoms with Crippen LogP contribution in [0.2, 0.25) is 0 Å². The van der Waals surface area contributed by atoms with Crippen LogP contribution in [0.15, 0.2) is 23.9 Å². The van der Waals surface area contributed by atoms with Crippen LogP contribution in [0.25, 0.3) is 4.91 Å². The molecule has 0 saturated heterocycles. The van der Waals surface area contributed by atoms with Crippen molar-refractivity contribution in [3.63, 3.8) is 0 Å². The molecule has 0 fully saturated rings. The van der Waals surface area contributed by atoms with Crippen LogP contribution < -0.4 is 16.2 Å². The molecule has 1 rings (SSSR count). The molecule has 23 heavy (non-hydrogen) atoms. The summed E-state index contributed by atoms with van der Waals surface area (Å²) in [6.07, 6.45) is 5.07. The smallest absolute Gasteiger partial charge is 0.124 e. The van der Waals surface area contributed by atoms with Gasteiger partial charge in [0.2, 0.25) is 0 Å². The zero-order chi connectivity index (χ0) is 17.1. The van der Waals surface area contributed by atoms with Crippen LogP contribution in [0, 0.1) is 12.3 Å². The van der Waals surface area contributed by atoms with Gasteiger partial charge in [-0.3, -0.25) is 0 Å². The Balaban J connectivity index is 2.50. The van der Waals surface area contributed by atoms with Crippen molar-refractivity contribution in [3.05, 3.63) is 35.0 Å². The topological polar surface area (TPSA) is 79.7 Å². The molecule has 1 aromatic rings. The van der Waals surface area contributed by atoms with Crippen molar-refractivity contribution in [3.8, 4) is 18.1 Å². The molecular formula is C17H24N2O3S. The fourth-order valence-corrected chi connectivity index (χ4v) is 1.93. The maximum atomic E-state index is 5.77. The molecule has 0 unspecified atom stereocenters. The molecule has 0 bridgehead atoms. The lowest BCUT2D eigenvalue weighted by atomic mass is 10.1. The minimum Gasteiger partial charge on any atom is -0.491 e. The van der Waals surface area contributed by atoms with Crippen LogP contribution in [0.5, 0.6) is 5.75 Å². The van der Waals surface area contributed by atoms with E-state index in [1.807, 2.05) is 18.2 Å². The van der Waals surface area contributed by atoms with Gasteiger partial charge in [0.1, 0.15) is 19.0 Å². The number of ether oxygens (including phenoxy) is 3. The quantitative estimate of drug-likeness (QED) is 0.345. The van der Waals surface area contributed by atoms with Gasteiger partial charge in [-0.1, -0.05) is 18.1 Å². The van der Waals surface area contributed by atoms with Crippen molar-refractivity contribution in [1.82, 2.24) is 0 Å². The molecule has 0 aromatic heterocycles. The summed E-state index contributed by atoms with van der Waals surface area (Å²) in [7, 11) is 0. The molecule has 0 aliphatic carbocycles. The molecule has 0 aliphatic rings. The average Bonchev–Trinajstić information content (AvgIpc) is 2.56. The van der Waals surface area contributed by atoms with Crippen molar-refractivity contribution in [1.29, 1.82) is 0 Å². The van der Waals surface area contributed by atoms with Crippen LogP contribution in [0.1, 0.15) is 18.1 Å². The van der Waals surface area contributed by atoms with Gasteiger partial charge in [0.05, 0.1) is 19.8 Å². The van der Waals surface area contributed by atoms with Gasteiger partial charge in [-0.2, -0.15) is 0 Å². The first-order valence-corrected chi connectivity index (χ1v) is 7.75. The highest BCUT2D eigenvalue weighted by atomic mass is 32.1. The van der Waals surface area contributed by atoms with E-state index < -0.39 is 0 Å². The predicted octanol–water partition coefficient (Wildman–Crippen LogP) is 1.77. The molecular weight excluding hydrogens is 312 g/mol. The van der Waals surface area contributed by atoms with Crippen LogP contribution in [-0.4, -0.2) is 33.0 Å². The number of benzene rings is 1. The summed E-state index contributed by atoms with van der Waals surface area (Å²) in [6.45, 7) is 4.31. The number of nitrogens with two attached hydrogens (primary N) is 2. The highest BCUT2D eigenvalue weighted by Gasteiger charge is 2.07. The third kappa shape index (κ3) is 6.97. The maximum absolute atomic E-state index is 5.77. The van der Waals surface area contributed by atoms with Gasteiger partial charge in [0.15, 0.2) is 0 Å². The second-order valence-corrected chi connectivity index (χ2v) is 5.22. The summed E-state index contributed by atoms with van der Waals surface area (Å²) in [6, 6.07) is 5.72. The Hall–Kier alpha value is -1.65. The van der Waals surface area contributed by atoms with E-state index in [9.17, 15) is 0 Å². The standard InChI is InChI=1S/C17H24N2O3S/c1-3-6-20-7-8-21-9-10-22-16-11-14(17(23)13(2)19)4-5-15(16)12-18/h1,4-5,11,23H,6-10,12,18-19H2,2H3/b17-13-. The second kappa shape index (κ2) is 11.0. The molecule has 0 heterocycles. The lowest BCUT2D eigenvalue weighted by molar-refractivity contribution is 0.0461. The Morgan fingerprint density at radius 3 is 2.57 bits per heavy atom. The normalized spacial score (nSPS) is 11.7. The first-order chi connectivity index (χ1) is 11.1. The van der Waals surface area contributed by atoms with Crippen molar-refractivity contribution in [2.45, 2.75) is 13.5 Å². The van der Waals surface area contributed by atoms with E-state index in [-0.39, 0.29) is 0 Å². The number of hydrogen-bond donors (Lipinski definition) is 3. The van der Waals surface area contributed by atoms with Gasteiger partial charge in [-0.15, -0.1) is 19.1 Å². The van der Waals surface area contributed by atoms with E-state index in [0.29, 0.717) is 51.0 Å². The van der Waals surface area contributed by atoms with Gasteiger partial charge >= 0.3 is 0 Å². The van der Waals surface area contributed by atoms with Gasteiger partial charge in [-0.25, -0.2) is 0 Å². The van der Waals surface area contributed by atoms with Gasteiger partial charge in [0, 0.05) is 22.7 Å². The second-order valence-electron chi connectivity index (χ2n) is 4.78. The molecule has 0 aliphatic heterocycles. The Bertz CT molecular complexity index is 563. The fourth-order valence-electron chi connectivity index (χ4n) is 1.79. The van der Waals surface area contributed by atoms with E-state index in [4.69, 9.17) is 32.1 Å². The minimum absolute atomic E-state index is 0.298. The van der Waals surface area contributed by atoms with Gasteiger partial charge in [0.25, 0.3) is 0 Å². The number of rotatable bonds is 10. The van der Waals surface area contributed by atoms with E-state index in [2.05, 4.69) is 18.5 Å². The summed E-state index contributed by atoms with van der Waals surface area (Å²) in [5, 5.41) is 0. The molecule has 5 nitrogen and oxygen atoms in total. The van der Waals surface area contributed by atoms with Crippen LogP contribution in [-0.2, 0) is 16.0 Å². The average molecular weight is 336 g/mol. The third-order valence-corrected chi connectivity index (χ3v) is 3.59. The van der Waals surface area contributed by atoms with E-state index in [0.717, 1.165) is 16.0 Å². The largest absolute Gasteiger partial charge is 0.491 e. The first-order valence-electron chi connectivity index (χ1n) is 7.30. The molecule has 0 atom stereocenters. The number of hydrogen-bond acceptors (Lipinski definition) is 6. The van der Waals surface area contributed by atoms with Gasteiger partial charge in [-0.05, 0) is 18.6 Å². The molecule has 1 aromatic carbocycles. The van der Waals surface area contributed by atoms with Crippen LogP contribution >= 0.6 is 12.6 Å². The molecule has 4 N–H and O–H groups in total. The van der Waals surface area contributed by atoms with Crippen molar-refractivity contribution >= 4 is 17.5 Å². The van der Waals surface area contributed by atoms with E-state index in [1.54, 1.807) is 6.92 Å². The molecule has 126 valence electrons. The Kier molecular flexibility index (Phi) is 9.25. The summed E-state index contributed by atoms with van der Waals surface area (Å²) >= 11 is 4.41.